The van der Waals surface area contributed by atoms with E-state index in [-0.39, 0.29) is 19.4 Å². The number of hydrogen-bond donors (Lipinski definition) is 2. The number of carboxylic acid groups (broad SMARTS) is 1. The SMILES string of the molecule is O=C(O)C/C=C/[C@H]1CC(F)(F)CN1. The summed E-state index contributed by atoms with van der Waals surface area (Å²) in [6.45, 7) is -0.324. The van der Waals surface area contributed by atoms with Gasteiger partial charge in [0.1, 0.15) is 0 Å². The first-order chi connectivity index (χ1) is 5.99. The number of aliphatic carboxylic acids is 1. The van der Waals surface area contributed by atoms with Crippen molar-refractivity contribution >= 4 is 5.97 Å². The zero-order valence-corrected chi connectivity index (χ0v) is 6.96. The normalized spacial score (nSPS) is 26.8. The molecule has 1 aliphatic heterocycles. The lowest BCUT2D eigenvalue weighted by Crippen LogP contribution is -2.21. The Morgan fingerprint density at radius 2 is 2.38 bits per heavy atom. The molecular formula is C8H11F2NO2. The minimum Gasteiger partial charge on any atom is -0.481 e. The summed E-state index contributed by atoms with van der Waals surface area (Å²) in [5, 5.41) is 10.9. The molecule has 0 radical (unpaired) electrons. The number of rotatable bonds is 3. The lowest BCUT2D eigenvalue weighted by molar-refractivity contribution is -0.136. The first-order valence-corrected chi connectivity index (χ1v) is 3.99. The average Bonchev–Trinajstić information content (AvgIpc) is 2.29. The van der Waals surface area contributed by atoms with Crippen LogP contribution in [0.2, 0.25) is 0 Å². The van der Waals surface area contributed by atoms with Gasteiger partial charge in [-0.15, -0.1) is 0 Å². The molecule has 0 aromatic carbocycles. The molecule has 1 aliphatic rings. The van der Waals surface area contributed by atoms with Crippen molar-refractivity contribution in [1.82, 2.24) is 5.32 Å². The van der Waals surface area contributed by atoms with Crippen molar-refractivity contribution < 1.29 is 18.7 Å². The molecule has 13 heavy (non-hydrogen) atoms. The van der Waals surface area contributed by atoms with Crippen LogP contribution in [0.5, 0.6) is 0 Å². The summed E-state index contributed by atoms with van der Waals surface area (Å²) in [7, 11) is 0. The van der Waals surface area contributed by atoms with Crippen molar-refractivity contribution in [2.75, 3.05) is 6.54 Å². The lowest BCUT2D eigenvalue weighted by Gasteiger charge is -2.04. The van der Waals surface area contributed by atoms with E-state index in [9.17, 15) is 13.6 Å². The first-order valence-electron chi connectivity index (χ1n) is 3.99. The van der Waals surface area contributed by atoms with Gasteiger partial charge in [0.15, 0.2) is 0 Å². The predicted molar refractivity (Wildman–Crippen MR) is 42.7 cm³/mol. The summed E-state index contributed by atoms with van der Waals surface area (Å²) in [4.78, 5) is 10.1. The van der Waals surface area contributed by atoms with Crippen molar-refractivity contribution in [2.24, 2.45) is 0 Å². The fourth-order valence-electron chi connectivity index (χ4n) is 1.22. The molecule has 0 aliphatic carbocycles. The van der Waals surface area contributed by atoms with Gasteiger partial charge in [0.2, 0.25) is 0 Å². The van der Waals surface area contributed by atoms with Gasteiger partial charge < -0.3 is 10.4 Å². The third-order valence-corrected chi connectivity index (χ3v) is 1.80. The minimum absolute atomic E-state index is 0.121. The van der Waals surface area contributed by atoms with Gasteiger partial charge >= 0.3 is 5.97 Å². The molecule has 1 heterocycles. The molecule has 74 valence electrons. The van der Waals surface area contributed by atoms with E-state index < -0.39 is 17.9 Å². The Bertz CT molecular complexity index is 228. The van der Waals surface area contributed by atoms with Gasteiger partial charge in [-0.25, -0.2) is 8.78 Å². The highest BCUT2D eigenvalue weighted by Crippen LogP contribution is 2.25. The molecule has 5 heteroatoms. The highest BCUT2D eigenvalue weighted by Gasteiger charge is 2.37. The Labute approximate surface area is 74.4 Å². The topological polar surface area (TPSA) is 49.3 Å². The van der Waals surface area contributed by atoms with Crippen LogP contribution in [0.4, 0.5) is 8.78 Å². The highest BCUT2D eigenvalue weighted by molar-refractivity contribution is 5.68. The molecule has 0 bridgehead atoms. The largest absolute Gasteiger partial charge is 0.481 e. The quantitative estimate of drug-likeness (QED) is 0.654. The van der Waals surface area contributed by atoms with Crippen LogP contribution in [-0.4, -0.2) is 29.6 Å². The van der Waals surface area contributed by atoms with Crippen LogP contribution in [0.3, 0.4) is 0 Å². The van der Waals surface area contributed by atoms with Crippen LogP contribution in [0.1, 0.15) is 12.8 Å². The van der Waals surface area contributed by atoms with Gasteiger partial charge in [-0.1, -0.05) is 12.2 Å². The number of hydrogen-bond acceptors (Lipinski definition) is 2. The maximum Gasteiger partial charge on any atom is 0.307 e. The number of carbonyl (C=O) groups is 1. The second-order valence-electron chi connectivity index (χ2n) is 3.07. The molecule has 1 saturated heterocycles. The second kappa shape index (κ2) is 3.83. The molecule has 0 saturated carbocycles. The van der Waals surface area contributed by atoms with Crippen molar-refractivity contribution in [2.45, 2.75) is 24.8 Å². The molecule has 2 N–H and O–H groups in total. The Morgan fingerprint density at radius 1 is 1.69 bits per heavy atom. The van der Waals surface area contributed by atoms with E-state index in [1.807, 2.05) is 0 Å². The van der Waals surface area contributed by atoms with Crippen molar-refractivity contribution in [3.63, 3.8) is 0 Å². The van der Waals surface area contributed by atoms with Gasteiger partial charge in [0, 0.05) is 12.5 Å². The number of halogens is 2. The van der Waals surface area contributed by atoms with Crippen LogP contribution >= 0.6 is 0 Å². The lowest BCUT2D eigenvalue weighted by atomic mass is 10.2. The standard InChI is InChI=1S/C8H11F2NO2/c9-8(10)4-6(11-5-8)2-1-3-7(12)13/h1-2,6,11H,3-5H2,(H,12,13)/b2-1+/t6-/m0/s1. The molecule has 1 rings (SSSR count). The van der Waals surface area contributed by atoms with E-state index in [4.69, 9.17) is 5.11 Å². The Hall–Kier alpha value is -0.970. The third kappa shape index (κ3) is 3.50. The summed E-state index contributed by atoms with van der Waals surface area (Å²) in [5.41, 5.74) is 0. The van der Waals surface area contributed by atoms with E-state index >= 15 is 0 Å². The van der Waals surface area contributed by atoms with E-state index in [1.54, 1.807) is 0 Å². The van der Waals surface area contributed by atoms with E-state index in [2.05, 4.69) is 5.32 Å². The van der Waals surface area contributed by atoms with Gasteiger partial charge in [0.05, 0.1) is 13.0 Å². The Kier molecular flexibility index (Phi) is 2.98. The summed E-state index contributed by atoms with van der Waals surface area (Å²) >= 11 is 0. The van der Waals surface area contributed by atoms with Crippen LogP contribution in [0.15, 0.2) is 12.2 Å². The number of nitrogens with one attached hydrogen (secondary N) is 1. The number of carboxylic acids is 1. The molecular weight excluding hydrogens is 180 g/mol. The number of alkyl halides is 2. The van der Waals surface area contributed by atoms with Crippen LogP contribution in [0, 0.1) is 0 Å². The summed E-state index contributed by atoms with van der Waals surface area (Å²) < 4.78 is 25.1. The Balaban J connectivity index is 2.32. The van der Waals surface area contributed by atoms with Crippen LogP contribution in [0.25, 0.3) is 0 Å². The smallest absolute Gasteiger partial charge is 0.307 e. The maximum absolute atomic E-state index is 12.6. The highest BCUT2D eigenvalue weighted by atomic mass is 19.3. The van der Waals surface area contributed by atoms with Gasteiger partial charge in [-0.2, -0.15) is 0 Å². The van der Waals surface area contributed by atoms with Crippen LogP contribution < -0.4 is 5.32 Å². The monoisotopic (exact) mass is 191 g/mol. The fourth-order valence-corrected chi connectivity index (χ4v) is 1.22. The van der Waals surface area contributed by atoms with Gasteiger partial charge in [-0.05, 0) is 0 Å². The van der Waals surface area contributed by atoms with E-state index in [1.165, 1.54) is 12.2 Å². The van der Waals surface area contributed by atoms with Crippen molar-refractivity contribution in [3.05, 3.63) is 12.2 Å². The van der Waals surface area contributed by atoms with Crippen molar-refractivity contribution in [1.29, 1.82) is 0 Å². The molecule has 3 nitrogen and oxygen atoms in total. The molecule has 0 unspecified atom stereocenters. The second-order valence-corrected chi connectivity index (χ2v) is 3.07. The van der Waals surface area contributed by atoms with Crippen LogP contribution in [-0.2, 0) is 4.79 Å². The summed E-state index contributed by atoms with van der Waals surface area (Å²) in [5.74, 6) is -3.61. The molecule has 1 atom stereocenters. The molecule has 0 aromatic rings. The van der Waals surface area contributed by atoms with E-state index in [0.717, 1.165) is 0 Å². The minimum atomic E-state index is -2.65. The predicted octanol–water partition coefficient (Wildman–Crippen LogP) is 1.01. The molecule has 0 aromatic heterocycles. The molecule has 1 fully saturated rings. The van der Waals surface area contributed by atoms with Gasteiger partial charge in [-0.3, -0.25) is 4.79 Å². The Morgan fingerprint density at radius 3 is 2.85 bits per heavy atom. The zero-order valence-electron chi connectivity index (χ0n) is 6.96. The molecule has 0 amide bonds. The fraction of sp³-hybridized carbons (Fsp3) is 0.625. The average molecular weight is 191 g/mol. The van der Waals surface area contributed by atoms with Gasteiger partial charge in [0.25, 0.3) is 5.92 Å². The summed E-state index contributed by atoms with van der Waals surface area (Å²) in [6.07, 6.45) is 2.50. The molecule has 0 spiro atoms. The zero-order chi connectivity index (χ0) is 9.90. The van der Waals surface area contributed by atoms with E-state index in [0.29, 0.717) is 0 Å². The van der Waals surface area contributed by atoms with Crippen molar-refractivity contribution in [3.8, 4) is 0 Å². The third-order valence-electron chi connectivity index (χ3n) is 1.80. The maximum atomic E-state index is 12.6. The summed E-state index contributed by atoms with van der Waals surface area (Å²) in [6, 6.07) is -0.394. The first kappa shape index (κ1) is 10.1.